The first kappa shape index (κ1) is 17.8. The summed E-state index contributed by atoms with van der Waals surface area (Å²) in [7, 11) is 0. The molecule has 0 bridgehead atoms. The van der Waals surface area contributed by atoms with Gasteiger partial charge in [0.1, 0.15) is 0 Å². The van der Waals surface area contributed by atoms with Gasteiger partial charge in [-0.15, -0.1) is 12.8 Å². The van der Waals surface area contributed by atoms with Crippen LogP contribution in [0.5, 0.6) is 0 Å². The maximum Gasteiger partial charge on any atom is 0.333 e. The van der Waals surface area contributed by atoms with Crippen LogP contribution in [0.2, 0.25) is 0 Å². The first-order valence-electron chi connectivity index (χ1n) is 7.50. The fourth-order valence-corrected chi connectivity index (χ4v) is 2.53. The van der Waals surface area contributed by atoms with Gasteiger partial charge >= 0.3 is 11.9 Å². The summed E-state index contributed by atoms with van der Waals surface area (Å²) in [6.45, 7) is -0.522. The predicted molar refractivity (Wildman–Crippen MR) is 93.2 cm³/mol. The number of carbonyl (C=O) groups is 2. The van der Waals surface area contributed by atoms with Crippen molar-refractivity contribution in [2.75, 3.05) is 13.2 Å². The molecule has 25 heavy (non-hydrogen) atoms. The molecule has 2 rings (SSSR count). The molecule has 0 saturated heterocycles. The number of terminal acetylenes is 2. The molecule has 0 aliphatic carbocycles. The van der Waals surface area contributed by atoms with Crippen LogP contribution in [-0.4, -0.2) is 25.2 Å². The van der Waals surface area contributed by atoms with Gasteiger partial charge in [0.25, 0.3) is 0 Å². The molecule has 0 atom stereocenters. The van der Waals surface area contributed by atoms with Crippen LogP contribution in [0.4, 0.5) is 0 Å². The summed E-state index contributed by atoms with van der Waals surface area (Å²) in [5, 5.41) is 0. The quantitative estimate of drug-likeness (QED) is 0.463. The van der Waals surface area contributed by atoms with Crippen LogP contribution in [0.3, 0.4) is 0 Å². The van der Waals surface area contributed by atoms with E-state index >= 15 is 0 Å². The Morgan fingerprint density at radius 3 is 1.44 bits per heavy atom. The van der Waals surface area contributed by atoms with Crippen molar-refractivity contribution in [1.29, 1.82) is 0 Å². The fraction of sp³-hybridized carbons (Fsp3) is 0.143. The Balaban J connectivity index is 2.69. The smallest absolute Gasteiger partial charge is 0.333 e. The third kappa shape index (κ3) is 3.54. The number of esters is 2. The second kappa shape index (κ2) is 8.38. The van der Waals surface area contributed by atoms with Gasteiger partial charge in [-0.2, -0.15) is 0 Å². The molecule has 4 heteroatoms. The lowest BCUT2D eigenvalue weighted by molar-refractivity contribution is -0.161. The van der Waals surface area contributed by atoms with E-state index in [-0.39, 0.29) is 13.2 Å². The minimum atomic E-state index is -1.81. The van der Waals surface area contributed by atoms with Gasteiger partial charge in [0.05, 0.1) is 0 Å². The van der Waals surface area contributed by atoms with Crippen molar-refractivity contribution in [3.63, 3.8) is 0 Å². The third-order valence-corrected chi connectivity index (χ3v) is 3.60. The summed E-state index contributed by atoms with van der Waals surface area (Å²) in [4.78, 5) is 25.9. The van der Waals surface area contributed by atoms with Gasteiger partial charge < -0.3 is 9.47 Å². The van der Waals surface area contributed by atoms with E-state index < -0.39 is 17.4 Å². The average Bonchev–Trinajstić information content (AvgIpc) is 2.67. The monoisotopic (exact) mass is 332 g/mol. The molecule has 0 amide bonds. The van der Waals surface area contributed by atoms with Crippen LogP contribution >= 0.6 is 0 Å². The highest BCUT2D eigenvalue weighted by molar-refractivity contribution is 6.10. The van der Waals surface area contributed by atoms with Gasteiger partial charge in [-0.05, 0) is 11.1 Å². The highest BCUT2D eigenvalue weighted by Crippen LogP contribution is 2.35. The van der Waals surface area contributed by atoms with E-state index in [0.29, 0.717) is 11.1 Å². The summed E-state index contributed by atoms with van der Waals surface area (Å²) in [5.74, 6) is 2.83. The SMILES string of the molecule is C#CCOC(=O)C(C(=O)OCC#C)(c1ccccc1)c1ccccc1. The summed E-state index contributed by atoms with van der Waals surface area (Å²) >= 11 is 0. The van der Waals surface area contributed by atoms with E-state index in [9.17, 15) is 9.59 Å². The van der Waals surface area contributed by atoms with Crippen molar-refractivity contribution in [2.45, 2.75) is 5.41 Å². The van der Waals surface area contributed by atoms with E-state index in [4.69, 9.17) is 22.3 Å². The van der Waals surface area contributed by atoms with E-state index in [0.717, 1.165) is 0 Å². The predicted octanol–water partition coefficient (Wildman–Crippen LogP) is 2.33. The van der Waals surface area contributed by atoms with Gasteiger partial charge in [0.2, 0.25) is 5.41 Å². The van der Waals surface area contributed by atoms with Crippen LogP contribution in [0.1, 0.15) is 11.1 Å². The number of ether oxygens (including phenoxy) is 2. The standard InChI is InChI=1S/C21H16O4/c1-3-15-24-19(22)21(20(23)25-16-4-2,17-11-7-5-8-12-17)18-13-9-6-10-14-18/h1-2,5-14H,15-16H2. The molecule has 0 aliphatic rings. The fourth-order valence-electron chi connectivity index (χ4n) is 2.53. The molecule has 0 aliphatic heterocycles. The summed E-state index contributed by atoms with van der Waals surface area (Å²) in [6, 6.07) is 17.0. The normalized spacial score (nSPS) is 10.2. The highest BCUT2D eigenvalue weighted by atomic mass is 16.6. The van der Waals surface area contributed by atoms with E-state index in [1.54, 1.807) is 60.7 Å². The molecule has 0 N–H and O–H groups in total. The molecule has 0 heterocycles. The lowest BCUT2D eigenvalue weighted by Crippen LogP contribution is -2.47. The Kier molecular flexibility index (Phi) is 5.98. The highest BCUT2D eigenvalue weighted by Gasteiger charge is 2.52. The molecular formula is C21H16O4. The second-order valence-corrected chi connectivity index (χ2v) is 5.04. The van der Waals surface area contributed by atoms with Gasteiger partial charge in [0.15, 0.2) is 13.2 Å². The lowest BCUT2D eigenvalue weighted by atomic mass is 9.74. The zero-order valence-corrected chi connectivity index (χ0v) is 13.5. The largest absolute Gasteiger partial charge is 0.451 e. The summed E-state index contributed by atoms with van der Waals surface area (Å²) in [5.41, 5.74) is -0.994. The molecule has 124 valence electrons. The Labute approximate surface area is 146 Å². The van der Waals surface area contributed by atoms with Gasteiger partial charge in [-0.1, -0.05) is 72.5 Å². The molecule has 4 nitrogen and oxygen atoms in total. The summed E-state index contributed by atoms with van der Waals surface area (Å²) in [6.07, 6.45) is 10.4. The Bertz CT molecular complexity index is 739. The van der Waals surface area contributed by atoms with Gasteiger partial charge in [-0.25, -0.2) is 0 Å². The lowest BCUT2D eigenvalue weighted by Gasteiger charge is -2.29. The van der Waals surface area contributed by atoms with Crippen molar-refractivity contribution in [3.8, 4) is 24.7 Å². The Hall–Kier alpha value is -3.50. The topological polar surface area (TPSA) is 52.6 Å². The molecule has 0 spiro atoms. The van der Waals surface area contributed by atoms with Crippen LogP contribution in [0.15, 0.2) is 60.7 Å². The average molecular weight is 332 g/mol. The number of carbonyl (C=O) groups excluding carboxylic acids is 2. The number of hydrogen-bond donors (Lipinski definition) is 0. The van der Waals surface area contributed by atoms with Crippen LogP contribution < -0.4 is 0 Å². The number of rotatable bonds is 6. The minimum Gasteiger partial charge on any atom is -0.451 e. The van der Waals surface area contributed by atoms with Crippen LogP contribution in [0.25, 0.3) is 0 Å². The van der Waals surface area contributed by atoms with Crippen LogP contribution in [0, 0.1) is 24.7 Å². The van der Waals surface area contributed by atoms with Crippen LogP contribution in [-0.2, 0) is 24.5 Å². The zero-order valence-electron chi connectivity index (χ0n) is 13.5. The summed E-state index contributed by atoms with van der Waals surface area (Å²) < 4.78 is 10.3. The molecule has 0 radical (unpaired) electrons. The first-order chi connectivity index (χ1) is 12.2. The Morgan fingerprint density at radius 1 is 0.760 bits per heavy atom. The Morgan fingerprint density at radius 2 is 1.12 bits per heavy atom. The second-order valence-electron chi connectivity index (χ2n) is 5.04. The maximum absolute atomic E-state index is 13.0. The molecule has 0 fully saturated rings. The van der Waals surface area contributed by atoms with E-state index in [1.165, 1.54) is 0 Å². The molecule has 0 saturated carbocycles. The maximum atomic E-state index is 13.0. The first-order valence-corrected chi connectivity index (χ1v) is 7.50. The van der Waals surface area contributed by atoms with Gasteiger partial charge in [0, 0.05) is 0 Å². The number of benzene rings is 2. The minimum absolute atomic E-state index is 0.261. The van der Waals surface area contributed by atoms with E-state index in [2.05, 4.69) is 11.8 Å². The molecular weight excluding hydrogens is 316 g/mol. The molecule has 0 aromatic heterocycles. The van der Waals surface area contributed by atoms with Gasteiger partial charge in [-0.3, -0.25) is 9.59 Å². The molecule has 0 unspecified atom stereocenters. The molecule has 2 aromatic carbocycles. The zero-order chi connectivity index (χ0) is 18.1. The van der Waals surface area contributed by atoms with E-state index in [1.807, 2.05) is 0 Å². The number of hydrogen-bond acceptors (Lipinski definition) is 4. The van der Waals surface area contributed by atoms with Crippen molar-refractivity contribution in [1.82, 2.24) is 0 Å². The molecule has 2 aromatic rings. The van der Waals surface area contributed by atoms with Crippen molar-refractivity contribution in [3.05, 3.63) is 71.8 Å². The van der Waals surface area contributed by atoms with Crippen molar-refractivity contribution >= 4 is 11.9 Å². The van der Waals surface area contributed by atoms with Crippen molar-refractivity contribution in [2.24, 2.45) is 0 Å². The van der Waals surface area contributed by atoms with Crippen molar-refractivity contribution < 1.29 is 19.1 Å². The third-order valence-electron chi connectivity index (χ3n) is 3.60.